The van der Waals surface area contributed by atoms with Crippen molar-refractivity contribution in [3.8, 4) is 0 Å². The first-order valence-electron chi connectivity index (χ1n) is 10.9. The number of carbonyl (C=O) groups is 8. The van der Waals surface area contributed by atoms with Gasteiger partial charge in [-0.15, -0.1) is 0 Å². The van der Waals surface area contributed by atoms with E-state index in [0.29, 0.717) is 0 Å². The van der Waals surface area contributed by atoms with Gasteiger partial charge in [0.15, 0.2) is 0 Å². The molecule has 0 aromatic heterocycles. The van der Waals surface area contributed by atoms with Crippen molar-refractivity contribution in [2.45, 2.75) is 0 Å². The Hall–Kier alpha value is -1.36. The number of hydrogen-bond donors (Lipinski definition) is 0. The van der Waals surface area contributed by atoms with Crippen molar-refractivity contribution in [2.24, 2.45) is 0 Å². The van der Waals surface area contributed by atoms with Crippen LogP contribution in [0.1, 0.15) is 0 Å². The molecule has 0 N–H and O–H groups in total. The minimum Gasteiger partial charge on any atom is -0.549 e. The van der Waals surface area contributed by atoms with E-state index in [1.165, 1.54) is 0 Å². The molecular weight excluding hydrogens is 710 g/mol. The maximum atomic E-state index is 10.4. The molecule has 0 rings (SSSR count). The SMILES string of the molecule is O=C([O-])CN(CCN(CC(=O)[O-])CC(=O)[O-])CC(=O)[O-].O=C([O-])CN(CCN(CC(=O)[O-])CC(=O)[O-])CC(=O)[O-].[Fe+3].[Fe+3].[Na+].[Na+]. The van der Waals surface area contributed by atoms with Gasteiger partial charge >= 0.3 is 93.3 Å². The van der Waals surface area contributed by atoms with Gasteiger partial charge in [-0.25, -0.2) is 0 Å². The largest absolute Gasteiger partial charge is 3.00 e. The first-order chi connectivity index (χ1) is 18.4. The fraction of sp³-hybridized carbons (Fsp3) is 0.600. The Morgan fingerprint density at radius 2 is 0.386 bits per heavy atom. The van der Waals surface area contributed by atoms with Crippen molar-refractivity contribution in [1.29, 1.82) is 0 Å². The van der Waals surface area contributed by atoms with E-state index in [1.807, 2.05) is 0 Å². The summed E-state index contributed by atoms with van der Waals surface area (Å²) in [5.41, 5.74) is 0. The molecule has 0 atom stereocenters. The van der Waals surface area contributed by atoms with Gasteiger partial charge in [0.1, 0.15) is 0 Å². The van der Waals surface area contributed by atoms with Crippen LogP contribution in [0.15, 0.2) is 0 Å². The van der Waals surface area contributed by atoms with Gasteiger partial charge in [0, 0.05) is 78.5 Å². The molecule has 0 aromatic rings. The summed E-state index contributed by atoms with van der Waals surface area (Å²) in [5.74, 6) is -12.2. The number of aliphatic carboxylic acids is 8. The van der Waals surface area contributed by atoms with E-state index < -0.39 is 100 Å². The van der Waals surface area contributed by atoms with E-state index in [1.54, 1.807) is 0 Å². The Bertz CT molecular complexity index is 726. The average Bonchev–Trinajstić information content (AvgIpc) is 2.72. The van der Waals surface area contributed by atoms with Crippen LogP contribution in [0, 0.1) is 0 Å². The molecule has 0 heterocycles. The van der Waals surface area contributed by atoms with Gasteiger partial charge in [0.05, 0.1) is 47.8 Å². The van der Waals surface area contributed by atoms with Gasteiger partial charge in [-0.3, -0.25) is 19.6 Å². The fourth-order valence-corrected chi connectivity index (χ4v) is 2.88. The summed E-state index contributed by atoms with van der Waals surface area (Å²) in [7, 11) is 0. The second kappa shape index (κ2) is 31.6. The van der Waals surface area contributed by atoms with Gasteiger partial charge in [-0.05, 0) is 0 Å². The Kier molecular flexibility index (Phi) is 39.6. The molecule has 0 aliphatic rings. The number of carboxylic acids is 8. The Morgan fingerprint density at radius 1 is 0.295 bits per heavy atom. The predicted octanol–water partition coefficient (Wildman–Crippen LogP) is -20.8. The number of rotatable bonds is 22. The van der Waals surface area contributed by atoms with Crippen LogP contribution in [0.2, 0.25) is 0 Å². The molecule has 0 fully saturated rings. The topological polar surface area (TPSA) is 334 Å². The van der Waals surface area contributed by atoms with Crippen molar-refractivity contribution < 1.29 is 172 Å². The zero-order valence-corrected chi connectivity index (χ0v) is 29.7. The maximum Gasteiger partial charge on any atom is 3.00 e. The molecule has 0 aliphatic carbocycles. The molecule has 20 nitrogen and oxygen atoms in total. The molecule has 0 aliphatic heterocycles. The molecule has 0 saturated carbocycles. The molecule has 0 amide bonds. The molecule has 2 radical (unpaired) electrons. The van der Waals surface area contributed by atoms with Crippen LogP contribution in [-0.2, 0) is 72.5 Å². The maximum absolute atomic E-state index is 10.4. The zero-order chi connectivity index (χ0) is 31.4. The van der Waals surface area contributed by atoms with Crippen LogP contribution < -0.4 is 100.0 Å². The molecule has 0 aromatic carbocycles. The number of carboxylic acid groups (broad SMARTS) is 8. The van der Waals surface area contributed by atoms with Crippen molar-refractivity contribution >= 4 is 47.8 Å². The summed E-state index contributed by atoms with van der Waals surface area (Å²) in [4.78, 5) is 86.8. The average molecular weight is 734 g/mol. The van der Waals surface area contributed by atoms with Crippen LogP contribution in [0.25, 0.3) is 0 Å². The molecule has 0 unspecified atom stereocenters. The Labute approximate surface area is 315 Å². The molecule has 0 spiro atoms. The molecule has 0 bridgehead atoms. The molecule has 0 saturated heterocycles. The van der Waals surface area contributed by atoms with Crippen molar-refractivity contribution in [2.75, 3.05) is 78.5 Å². The quantitative estimate of drug-likeness (QED) is 0.0932. The zero-order valence-electron chi connectivity index (χ0n) is 23.5. The molecule has 24 heteroatoms. The fourth-order valence-electron chi connectivity index (χ4n) is 2.88. The third-order valence-electron chi connectivity index (χ3n) is 4.29. The minimum atomic E-state index is -1.53. The van der Waals surface area contributed by atoms with E-state index in [9.17, 15) is 79.2 Å². The van der Waals surface area contributed by atoms with Crippen molar-refractivity contribution in [1.82, 2.24) is 19.6 Å². The molecular formula is C20H24Fe2N4Na2O16. The van der Waals surface area contributed by atoms with E-state index in [0.717, 1.165) is 19.6 Å². The third-order valence-corrected chi connectivity index (χ3v) is 4.29. The smallest absolute Gasteiger partial charge is 0.549 e. The molecule has 238 valence electrons. The third kappa shape index (κ3) is 38.7. The van der Waals surface area contributed by atoms with E-state index in [4.69, 9.17) is 0 Å². The summed E-state index contributed by atoms with van der Waals surface area (Å²) >= 11 is 0. The summed E-state index contributed by atoms with van der Waals surface area (Å²) in [6, 6.07) is 0. The predicted molar refractivity (Wildman–Crippen MR) is 106 cm³/mol. The van der Waals surface area contributed by atoms with Crippen LogP contribution in [0.3, 0.4) is 0 Å². The summed E-state index contributed by atoms with van der Waals surface area (Å²) in [5, 5.41) is 83.2. The number of nitrogens with zero attached hydrogens (tertiary/aromatic N) is 4. The number of carbonyl (C=O) groups excluding carboxylic acids is 8. The van der Waals surface area contributed by atoms with E-state index in [-0.39, 0.29) is 119 Å². The van der Waals surface area contributed by atoms with E-state index >= 15 is 0 Å². The second-order valence-corrected chi connectivity index (χ2v) is 7.82. The summed E-state index contributed by atoms with van der Waals surface area (Å²) < 4.78 is 0. The van der Waals surface area contributed by atoms with Crippen molar-refractivity contribution in [3.05, 3.63) is 0 Å². The first-order valence-corrected chi connectivity index (χ1v) is 10.9. The first kappa shape index (κ1) is 55.1. The van der Waals surface area contributed by atoms with Crippen molar-refractivity contribution in [3.63, 3.8) is 0 Å². The Balaban J connectivity index is -0.000000150. The second-order valence-electron chi connectivity index (χ2n) is 7.82. The van der Waals surface area contributed by atoms with Gasteiger partial charge in [0.2, 0.25) is 0 Å². The summed E-state index contributed by atoms with van der Waals surface area (Å²) in [6.45, 7) is -6.50. The standard InChI is InChI=1S/2C10H16N2O8.2Fe.2Na/c2*13-7(14)3-11(4-8(15)16)1-2-12(5-9(17)18)6-10(19)20;;;;/h2*1-6H2,(H,13,14)(H,15,16)(H,17,18)(H,19,20);;;;/q;;2*+3;2*+1/p-8. The van der Waals surface area contributed by atoms with E-state index in [2.05, 4.69) is 0 Å². The van der Waals surface area contributed by atoms with Gasteiger partial charge in [-0.2, -0.15) is 0 Å². The van der Waals surface area contributed by atoms with Gasteiger partial charge < -0.3 is 79.2 Å². The Morgan fingerprint density at radius 3 is 0.455 bits per heavy atom. The van der Waals surface area contributed by atoms with Crippen LogP contribution in [0.4, 0.5) is 0 Å². The van der Waals surface area contributed by atoms with Gasteiger partial charge in [0.25, 0.3) is 0 Å². The minimum absolute atomic E-state index is 0. The normalized spacial score (nSPS) is 9.73. The number of hydrogen-bond acceptors (Lipinski definition) is 20. The molecule has 44 heavy (non-hydrogen) atoms. The monoisotopic (exact) mass is 734 g/mol. The van der Waals surface area contributed by atoms with Crippen LogP contribution in [0.5, 0.6) is 0 Å². The van der Waals surface area contributed by atoms with Crippen LogP contribution >= 0.6 is 0 Å². The summed E-state index contributed by atoms with van der Waals surface area (Å²) in [6.07, 6.45) is 0. The van der Waals surface area contributed by atoms with Crippen LogP contribution in [-0.4, -0.2) is 146 Å². The van der Waals surface area contributed by atoms with Gasteiger partial charge in [-0.1, -0.05) is 0 Å².